The number of carbonyl (C=O) groups is 1. The lowest BCUT2D eigenvalue weighted by Crippen LogP contribution is -2.50. The molecule has 9 heteroatoms. The maximum atomic E-state index is 16.8. The summed E-state index contributed by atoms with van der Waals surface area (Å²) < 4.78 is 23.6. The zero-order valence-electron chi connectivity index (χ0n) is 25.2. The first kappa shape index (κ1) is 32.1. The van der Waals surface area contributed by atoms with Gasteiger partial charge in [0.15, 0.2) is 0 Å². The lowest BCUT2D eigenvalue weighted by atomic mass is 9.71. The number of halogens is 2. The first-order valence-electron chi connectivity index (χ1n) is 15.4. The highest BCUT2D eigenvalue weighted by atomic mass is 35.5. The summed E-state index contributed by atoms with van der Waals surface area (Å²) in [6.07, 6.45) is 9.24. The number of aliphatic hydroxyl groups excluding tert-OH is 1. The highest BCUT2D eigenvalue weighted by Gasteiger charge is 2.56. The lowest BCUT2D eigenvalue weighted by molar-refractivity contribution is -0.169. The minimum absolute atomic E-state index is 0.00333. The van der Waals surface area contributed by atoms with Crippen molar-refractivity contribution in [1.29, 1.82) is 5.26 Å². The first-order chi connectivity index (χ1) is 21.3. The van der Waals surface area contributed by atoms with E-state index in [0.717, 1.165) is 58.5 Å². The van der Waals surface area contributed by atoms with E-state index in [4.69, 9.17) is 21.4 Å². The van der Waals surface area contributed by atoms with Gasteiger partial charge in [-0.3, -0.25) is 14.7 Å². The Morgan fingerprint density at radius 1 is 1.09 bits per heavy atom. The number of fused-ring (bicyclic) bond motifs is 1. The van der Waals surface area contributed by atoms with Crippen LogP contribution >= 0.6 is 11.6 Å². The molecular weight excluding hydrogens is 581 g/mol. The Balaban J connectivity index is 0.00000188. The molecule has 232 valence electrons. The van der Waals surface area contributed by atoms with Crippen LogP contribution in [-0.4, -0.2) is 39.2 Å². The molecule has 44 heavy (non-hydrogen) atoms. The fraction of sp³-hybridized carbons (Fsp3) is 0.457. The van der Waals surface area contributed by atoms with Gasteiger partial charge in [0, 0.05) is 23.9 Å². The number of benzene rings is 2. The van der Waals surface area contributed by atoms with Crippen LogP contribution in [0.1, 0.15) is 103 Å². The molecule has 2 fully saturated rings. The van der Waals surface area contributed by atoms with Gasteiger partial charge in [-0.15, -0.1) is 0 Å². The normalized spacial score (nSPS) is 21.5. The van der Waals surface area contributed by atoms with E-state index in [2.05, 4.69) is 11.1 Å². The van der Waals surface area contributed by atoms with Crippen LogP contribution in [0.3, 0.4) is 0 Å². The molecule has 2 N–H and O–H groups in total. The van der Waals surface area contributed by atoms with Crippen LogP contribution in [0, 0.1) is 23.1 Å². The predicted octanol–water partition coefficient (Wildman–Crippen LogP) is 6.96. The second kappa shape index (κ2) is 13.3. The van der Waals surface area contributed by atoms with Crippen molar-refractivity contribution in [1.82, 2.24) is 9.88 Å². The van der Waals surface area contributed by atoms with Gasteiger partial charge in [0.05, 0.1) is 40.6 Å². The van der Waals surface area contributed by atoms with Crippen LogP contribution in [0.4, 0.5) is 4.39 Å². The van der Waals surface area contributed by atoms with Gasteiger partial charge in [0.1, 0.15) is 11.9 Å². The summed E-state index contributed by atoms with van der Waals surface area (Å²) >= 11 is 6.26. The molecule has 2 saturated carbocycles. The Morgan fingerprint density at radius 2 is 1.80 bits per heavy atom. The van der Waals surface area contributed by atoms with Crippen LogP contribution in [0.25, 0.3) is 0 Å². The Morgan fingerprint density at radius 3 is 2.36 bits per heavy atom. The molecule has 0 radical (unpaired) electrons. The summed E-state index contributed by atoms with van der Waals surface area (Å²) in [6.45, 7) is 1.95. The smallest absolute Gasteiger partial charge is 0.257 e. The third-order valence-electron chi connectivity index (χ3n) is 9.50. The van der Waals surface area contributed by atoms with Crippen LogP contribution in [0.15, 0.2) is 54.7 Å². The largest absolute Gasteiger partial charge is 0.400 e. The van der Waals surface area contributed by atoms with Gasteiger partial charge in [-0.1, -0.05) is 49.9 Å². The average molecular weight is 620 g/mol. The van der Waals surface area contributed by atoms with E-state index in [9.17, 15) is 15.2 Å². The number of rotatable bonds is 8. The van der Waals surface area contributed by atoms with Crippen molar-refractivity contribution in [3.63, 3.8) is 0 Å². The Labute approximate surface area is 263 Å². The van der Waals surface area contributed by atoms with Gasteiger partial charge in [-0.2, -0.15) is 5.26 Å². The Kier molecular flexibility index (Phi) is 9.71. The quantitative estimate of drug-likeness (QED) is 0.282. The zero-order chi connectivity index (χ0) is 31.5. The van der Waals surface area contributed by atoms with E-state index < -0.39 is 23.1 Å². The van der Waals surface area contributed by atoms with E-state index in [0.29, 0.717) is 33.8 Å². The van der Waals surface area contributed by atoms with Gasteiger partial charge >= 0.3 is 0 Å². The number of hydrogen-bond donors (Lipinski definition) is 2. The van der Waals surface area contributed by atoms with Crippen LogP contribution < -0.4 is 0 Å². The summed E-state index contributed by atoms with van der Waals surface area (Å²) in [6, 6.07) is 15.5. The molecule has 2 atom stereocenters. The van der Waals surface area contributed by atoms with Gasteiger partial charge < -0.3 is 14.9 Å². The van der Waals surface area contributed by atoms with Crippen LogP contribution in [0.5, 0.6) is 0 Å². The summed E-state index contributed by atoms with van der Waals surface area (Å²) in [7, 11) is 1.00. The SMILES string of the molecule is CCC(O)(c1cc(F)c2c(c1)C(=O)N(Cc1ccc(C#N)cn1)[C@@]2(OC1CCC1)c1ccc(Cl)cc1)C1CCCCC1.CO. The second-order valence-corrected chi connectivity index (χ2v) is 12.3. The van der Waals surface area contributed by atoms with Gasteiger partial charge in [-0.25, -0.2) is 4.39 Å². The van der Waals surface area contributed by atoms with E-state index in [-0.39, 0.29) is 29.7 Å². The fourth-order valence-electron chi connectivity index (χ4n) is 6.93. The molecule has 0 spiro atoms. The Bertz CT molecular complexity index is 1520. The minimum atomic E-state index is -1.56. The molecule has 2 heterocycles. The Hall–Kier alpha value is -3.35. The topological polar surface area (TPSA) is 107 Å². The van der Waals surface area contributed by atoms with Gasteiger partial charge in [0.2, 0.25) is 5.72 Å². The molecule has 1 amide bonds. The zero-order valence-corrected chi connectivity index (χ0v) is 26.0. The van der Waals surface area contributed by atoms with Crippen molar-refractivity contribution in [2.24, 2.45) is 5.92 Å². The summed E-state index contributed by atoms with van der Waals surface area (Å²) in [5.74, 6) is -0.979. The van der Waals surface area contributed by atoms with Crippen molar-refractivity contribution >= 4 is 17.5 Å². The predicted molar refractivity (Wildman–Crippen MR) is 165 cm³/mol. The third-order valence-corrected chi connectivity index (χ3v) is 9.76. The highest BCUT2D eigenvalue weighted by molar-refractivity contribution is 6.30. The number of carbonyl (C=O) groups excluding carboxylic acids is 1. The molecule has 6 rings (SSSR count). The maximum absolute atomic E-state index is 16.8. The number of nitrogens with zero attached hydrogens (tertiary/aromatic N) is 3. The van der Waals surface area contributed by atoms with Crippen molar-refractivity contribution in [3.05, 3.63) is 99.1 Å². The van der Waals surface area contributed by atoms with Crippen LogP contribution in [-0.2, 0) is 22.6 Å². The summed E-state index contributed by atoms with van der Waals surface area (Å²) in [5, 5.41) is 28.8. The molecule has 2 aliphatic carbocycles. The van der Waals surface area contributed by atoms with Gasteiger partial charge in [0.25, 0.3) is 5.91 Å². The molecule has 2 aromatic carbocycles. The minimum Gasteiger partial charge on any atom is -0.400 e. The number of aliphatic hydroxyl groups is 2. The van der Waals surface area contributed by atoms with Crippen molar-refractivity contribution in [2.75, 3.05) is 7.11 Å². The standard InChI is InChI=1S/C34H35ClFN3O3.CH4O/c1-2-33(41,23-7-4-3-5-8-23)25-17-29-31(30(36)18-25)34(42-28-9-6-10-28,24-12-14-26(35)15-13-24)39(32(29)40)21-27-16-11-22(19-37)20-38-27;1-2/h11-18,20,23,28,41H,2-10,21H2,1H3;2H,1H3/t33?,34-;/m1./s1. The molecule has 3 aliphatic rings. The molecule has 0 bridgehead atoms. The van der Waals surface area contributed by atoms with Crippen molar-refractivity contribution < 1.29 is 24.1 Å². The van der Waals surface area contributed by atoms with E-state index in [1.54, 1.807) is 47.4 Å². The molecule has 1 aliphatic heterocycles. The third kappa shape index (κ3) is 5.63. The van der Waals surface area contributed by atoms with E-state index >= 15 is 4.39 Å². The number of ether oxygens (including phenoxy) is 1. The summed E-state index contributed by atoms with van der Waals surface area (Å²) in [5.41, 5.74) is -0.485. The number of pyridine rings is 1. The number of nitriles is 1. The first-order valence-corrected chi connectivity index (χ1v) is 15.8. The van der Waals surface area contributed by atoms with Crippen molar-refractivity contribution in [3.8, 4) is 6.07 Å². The lowest BCUT2D eigenvalue weighted by Gasteiger charge is -2.44. The highest BCUT2D eigenvalue weighted by Crippen LogP contribution is 2.51. The van der Waals surface area contributed by atoms with Crippen molar-refractivity contribution in [2.45, 2.75) is 88.7 Å². The maximum Gasteiger partial charge on any atom is 0.257 e. The average Bonchev–Trinajstić information content (AvgIpc) is 3.28. The molecular formula is C35H39ClFN3O4. The van der Waals surface area contributed by atoms with E-state index in [1.165, 1.54) is 12.3 Å². The monoisotopic (exact) mass is 619 g/mol. The number of amides is 1. The molecule has 1 aromatic heterocycles. The fourth-order valence-corrected chi connectivity index (χ4v) is 7.05. The van der Waals surface area contributed by atoms with Gasteiger partial charge in [-0.05, 0) is 86.4 Å². The molecule has 7 nitrogen and oxygen atoms in total. The number of hydrogen-bond acceptors (Lipinski definition) is 6. The molecule has 1 unspecified atom stereocenters. The summed E-state index contributed by atoms with van der Waals surface area (Å²) in [4.78, 5) is 20.4. The molecule has 0 saturated heterocycles. The number of aromatic nitrogens is 1. The van der Waals surface area contributed by atoms with Crippen LogP contribution in [0.2, 0.25) is 5.02 Å². The second-order valence-electron chi connectivity index (χ2n) is 11.9. The molecule has 3 aromatic rings. The van der Waals surface area contributed by atoms with E-state index in [1.807, 2.05) is 6.92 Å².